The Balaban J connectivity index is 2.01. The van der Waals surface area contributed by atoms with Crippen molar-refractivity contribution in [3.8, 4) is 11.5 Å². The van der Waals surface area contributed by atoms with Gasteiger partial charge in [0.05, 0.1) is 36.6 Å². The number of halogens is 1. The van der Waals surface area contributed by atoms with Crippen LogP contribution < -0.4 is 24.4 Å². The van der Waals surface area contributed by atoms with Gasteiger partial charge in [0.1, 0.15) is 23.4 Å². The summed E-state index contributed by atoms with van der Waals surface area (Å²) in [7, 11) is 3.05. The molecule has 1 aliphatic rings. The Morgan fingerprint density at radius 3 is 2.56 bits per heavy atom. The van der Waals surface area contributed by atoms with E-state index in [9.17, 15) is 14.0 Å². The minimum absolute atomic E-state index is 0.173. The molecule has 0 saturated carbocycles. The van der Waals surface area contributed by atoms with E-state index in [1.54, 1.807) is 50.3 Å². The molecule has 176 valence electrons. The van der Waals surface area contributed by atoms with Crippen LogP contribution in [-0.4, -0.2) is 31.4 Å². The molecule has 2 heterocycles. The van der Waals surface area contributed by atoms with Crippen molar-refractivity contribution in [3.05, 3.63) is 90.4 Å². The summed E-state index contributed by atoms with van der Waals surface area (Å²) >= 11 is 1.19. The molecule has 2 aromatic carbocycles. The third kappa shape index (κ3) is 4.26. The zero-order valence-corrected chi connectivity index (χ0v) is 19.9. The Hall–Kier alpha value is -3.72. The normalized spacial score (nSPS) is 15.6. The first-order chi connectivity index (χ1) is 16.4. The summed E-state index contributed by atoms with van der Waals surface area (Å²) in [5.41, 5.74) is 1.59. The smallest absolute Gasteiger partial charge is 0.338 e. The SMILES string of the molecule is CCOC(=O)C1=C(C)N=c2s/c(=C\c3ccc(F)cc3)c(=O)n2C1c1cc(OC)ccc1OC. The summed E-state index contributed by atoms with van der Waals surface area (Å²) in [5, 5.41) is 0. The molecule has 1 aromatic heterocycles. The Morgan fingerprint density at radius 1 is 1.18 bits per heavy atom. The second-order valence-electron chi connectivity index (χ2n) is 7.46. The zero-order valence-electron chi connectivity index (χ0n) is 19.1. The van der Waals surface area contributed by atoms with Crippen LogP contribution in [0.25, 0.3) is 6.08 Å². The van der Waals surface area contributed by atoms with Crippen molar-refractivity contribution in [1.82, 2.24) is 4.57 Å². The van der Waals surface area contributed by atoms with E-state index in [0.29, 0.717) is 37.7 Å². The maximum absolute atomic E-state index is 13.6. The van der Waals surface area contributed by atoms with Gasteiger partial charge in [0.15, 0.2) is 4.80 Å². The lowest BCUT2D eigenvalue weighted by Gasteiger charge is -2.26. The van der Waals surface area contributed by atoms with Crippen LogP contribution in [0.15, 0.2) is 63.5 Å². The van der Waals surface area contributed by atoms with E-state index in [-0.39, 0.29) is 23.6 Å². The molecule has 0 N–H and O–H groups in total. The topological polar surface area (TPSA) is 79.1 Å². The van der Waals surface area contributed by atoms with Gasteiger partial charge in [-0.3, -0.25) is 9.36 Å². The maximum Gasteiger partial charge on any atom is 0.338 e. The summed E-state index contributed by atoms with van der Waals surface area (Å²) in [5.74, 6) is 0.0994. The minimum Gasteiger partial charge on any atom is -0.497 e. The van der Waals surface area contributed by atoms with Crippen LogP contribution in [0.4, 0.5) is 4.39 Å². The molecule has 0 aliphatic carbocycles. The molecule has 4 rings (SSSR count). The lowest BCUT2D eigenvalue weighted by molar-refractivity contribution is -0.139. The second kappa shape index (κ2) is 9.64. The molecule has 0 radical (unpaired) electrons. The molecule has 0 spiro atoms. The Morgan fingerprint density at radius 2 is 1.91 bits per heavy atom. The minimum atomic E-state index is -0.837. The highest BCUT2D eigenvalue weighted by Crippen LogP contribution is 2.37. The second-order valence-corrected chi connectivity index (χ2v) is 8.47. The molecule has 1 unspecified atom stereocenters. The number of benzene rings is 2. The summed E-state index contributed by atoms with van der Waals surface area (Å²) in [6.07, 6.45) is 1.67. The van der Waals surface area contributed by atoms with Gasteiger partial charge >= 0.3 is 5.97 Å². The van der Waals surface area contributed by atoms with E-state index >= 15 is 0 Å². The van der Waals surface area contributed by atoms with Crippen molar-refractivity contribution in [3.63, 3.8) is 0 Å². The van der Waals surface area contributed by atoms with Gasteiger partial charge in [0, 0.05) is 5.56 Å². The first-order valence-corrected chi connectivity index (χ1v) is 11.4. The third-order valence-electron chi connectivity index (χ3n) is 5.42. The molecular weight excluding hydrogens is 459 g/mol. The third-order valence-corrected chi connectivity index (χ3v) is 6.40. The maximum atomic E-state index is 13.6. The molecule has 0 amide bonds. The number of rotatable bonds is 6. The summed E-state index contributed by atoms with van der Waals surface area (Å²) < 4.78 is 31.5. The average Bonchev–Trinajstić information content (AvgIpc) is 3.13. The van der Waals surface area contributed by atoms with Crippen molar-refractivity contribution in [1.29, 1.82) is 0 Å². The van der Waals surface area contributed by atoms with Crippen LogP contribution in [0.2, 0.25) is 0 Å². The fourth-order valence-electron chi connectivity index (χ4n) is 3.85. The molecule has 0 bridgehead atoms. The number of nitrogens with zero attached hydrogens (tertiary/aromatic N) is 2. The van der Waals surface area contributed by atoms with Gasteiger partial charge in [0.2, 0.25) is 0 Å². The summed E-state index contributed by atoms with van der Waals surface area (Å²) in [6, 6.07) is 10.2. The molecule has 0 saturated heterocycles. The average molecular weight is 483 g/mol. The van der Waals surface area contributed by atoms with Gasteiger partial charge in [0.25, 0.3) is 5.56 Å². The first kappa shape index (κ1) is 23.4. The van der Waals surface area contributed by atoms with Gasteiger partial charge in [-0.15, -0.1) is 0 Å². The number of carbonyl (C=O) groups excluding carboxylic acids is 1. The van der Waals surface area contributed by atoms with Crippen molar-refractivity contribution in [2.75, 3.05) is 20.8 Å². The number of hydrogen-bond donors (Lipinski definition) is 0. The molecule has 0 fully saturated rings. The Labute approximate surface area is 199 Å². The van der Waals surface area contributed by atoms with Gasteiger partial charge in [-0.1, -0.05) is 23.5 Å². The highest BCUT2D eigenvalue weighted by molar-refractivity contribution is 7.07. The van der Waals surface area contributed by atoms with Crippen LogP contribution in [0.1, 0.15) is 31.0 Å². The van der Waals surface area contributed by atoms with Crippen LogP contribution in [0.5, 0.6) is 11.5 Å². The van der Waals surface area contributed by atoms with E-state index in [1.165, 1.54) is 42.3 Å². The monoisotopic (exact) mass is 482 g/mol. The quantitative estimate of drug-likeness (QED) is 0.505. The lowest BCUT2D eigenvalue weighted by atomic mass is 9.94. The van der Waals surface area contributed by atoms with Crippen LogP contribution in [0.3, 0.4) is 0 Å². The van der Waals surface area contributed by atoms with Crippen molar-refractivity contribution in [2.24, 2.45) is 4.99 Å². The number of methoxy groups -OCH3 is 2. The number of hydrogen-bond acceptors (Lipinski definition) is 7. The van der Waals surface area contributed by atoms with Gasteiger partial charge in [-0.05, 0) is 55.8 Å². The predicted octanol–water partition coefficient (Wildman–Crippen LogP) is 2.95. The van der Waals surface area contributed by atoms with Gasteiger partial charge in [-0.2, -0.15) is 0 Å². The molecule has 34 heavy (non-hydrogen) atoms. The summed E-state index contributed by atoms with van der Waals surface area (Å²) in [6.45, 7) is 3.60. The summed E-state index contributed by atoms with van der Waals surface area (Å²) in [4.78, 5) is 31.6. The van der Waals surface area contributed by atoms with Crippen LogP contribution in [0, 0.1) is 5.82 Å². The highest BCUT2D eigenvalue weighted by atomic mass is 32.1. The lowest BCUT2D eigenvalue weighted by Crippen LogP contribution is -2.40. The first-order valence-electron chi connectivity index (χ1n) is 10.5. The zero-order chi connectivity index (χ0) is 24.4. The largest absolute Gasteiger partial charge is 0.497 e. The standard InChI is InChI=1S/C25H23FN2O5S/c1-5-33-24(30)21-14(2)27-25-28(22(21)18-13-17(31-3)10-11-19(18)32-4)23(29)20(34-25)12-15-6-8-16(26)9-7-15/h6-13,22H,5H2,1-4H3/b20-12-. The van der Waals surface area contributed by atoms with Crippen molar-refractivity contribution < 1.29 is 23.4 Å². The number of allylic oxidation sites excluding steroid dienone is 1. The molecule has 1 aliphatic heterocycles. The number of fused-ring (bicyclic) bond motifs is 1. The number of aromatic nitrogens is 1. The van der Waals surface area contributed by atoms with E-state index < -0.39 is 12.0 Å². The fraction of sp³-hybridized carbons (Fsp3) is 0.240. The Kier molecular flexibility index (Phi) is 6.65. The Bertz CT molecular complexity index is 1450. The van der Waals surface area contributed by atoms with E-state index in [4.69, 9.17) is 14.2 Å². The molecule has 3 aromatic rings. The fourth-order valence-corrected chi connectivity index (χ4v) is 4.90. The molecule has 1 atom stereocenters. The molecular formula is C25H23FN2O5S. The van der Waals surface area contributed by atoms with E-state index in [1.807, 2.05) is 0 Å². The van der Waals surface area contributed by atoms with Crippen molar-refractivity contribution >= 4 is 23.4 Å². The number of thiazole rings is 1. The van der Waals surface area contributed by atoms with Gasteiger partial charge in [-0.25, -0.2) is 14.2 Å². The number of ether oxygens (including phenoxy) is 3. The molecule has 7 nitrogen and oxygen atoms in total. The molecule has 9 heteroatoms. The van der Waals surface area contributed by atoms with E-state index in [2.05, 4.69) is 4.99 Å². The number of esters is 1. The predicted molar refractivity (Wildman–Crippen MR) is 126 cm³/mol. The van der Waals surface area contributed by atoms with Crippen molar-refractivity contribution in [2.45, 2.75) is 19.9 Å². The van der Waals surface area contributed by atoms with Crippen LogP contribution >= 0.6 is 11.3 Å². The number of carbonyl (C=O) groups is 1. The highest BCUT2D eigenvalue weighted by Gasteiger charge is 2.35. The van der Waals surface area contributed by atoms with Gasteiger partial charge < -0.3 is 14.2 Å². The van der Waals surface area contributed by atoms with Crippen LogP contribution in [-0.2, 0) is 9.53 Å². The van der Waals surface area contributed by atoms with E-state index in [0.717, 1.165) is 0 Å².